The number of halogens is 1. The molecule has 9 heteroatoms. The topological polar surface area (TPSA) is 104 Å². The molecule has 1 aliphatic carbocycles. The first kappa shape index (κ1) is 39.0. The maximum atomic E-state index is 10.0. The molecule has 51 heavy (non-hydrogen) atoms. The fourth-order valence-electron chi connectivity index (χ4n) is 6.92. The van der Waals surface area contributed by atoms with Gasteiger partial charge in [0.1, 0.15) is 30.3 Å². The van der Waals surface area contributed by atoms with Gasteiger partial charge in [-0.2, -0.15) is 0 Å². The van der Waals surface area contributed by atoms with E-state index in [0.717, 1.165) is 59.3 Å². The summed E-state index contributed by atoms with van der Waals surface area (Å²) in [5, 5.41) is 33.5. The molecular formula is C42H55ClN2O6. The van der Waals surface area contributed by atoms with Gasteiger partial charge in [-0.05, 0) is 73.6 Å². The summed E-state index contributed by atoms with van der Waals surface area (Å²) in [4.78, 5) is 2.29. The van der Waals surface area contributed by atoms with Gasteiger partial charge in [-0.3, -0.25) is 0 Å². The van der Waals surface area contributed by atoms with Crippen molar-refractivity contribution in [3.05, 3.63) is 112 Å². The maximum absolute atomic E-state index is 10.0. The number of β-amino-alcohol motifs (C(OH)–C–C–N with tert-alkyl or cyclic N) is 1. The van der Waals surface area contributed by atoms with E-state index in [-0.39, 0.29) is 25.9 Å². The van der Waals surface area contributed by atoms with E-state index in [4.69, 9.17) is 25.8 Å². The summed E-state index contributed by atoms with van der Waals surface area (Å²) in [6.45, 7) is 13.7. The largest absolute Gasteiger partial charge is 0.488 e. The zero-order valence-electron chi connectivity index (χ0n) is 30.8. The first-order valence-electron chi connectivity index (χ1n) is 18.0. The number of likely N-dealkylation sites (tertiary alicyclic amines) is 1. The lowest BCUT2D eigenvalue weighted by Crippen LogP contribution is -2.52. The molecule has 1 fully saturated rings. The Labute approximate surface area is 308 Å². The third-order valence-corrected chi connectivity index (χ3v) is 10.9. The lowest BCUT2D eigenvalue weighted by Gasteiger charge is -2.47. The molecule has 0 radical (unpaired) electrons. The molecule has 1 aliphatic heterocycles. The molecule has 1 unspecified atom stereocenters. The van der Waals surface area contributed by atoms with E-state index in [1.165, 1.54) is 0 Å². The number of nitrogens with zero attached hydrogens (tertiary/aromatic N) is 1. The minimum atomic E-state index is -0.882. The van der Waals surface area contributed by atoms with Gasteiger partial charge in [-0.25, -0.2) is 0 Å². The van der Waals surface area contributed by atoms with E-state index in [1.54, 1.807) is 6.92 Å². The lowest BCUT2D eigenvalue weighted by molar-refractivity contribution is -0.0926. The van der Waals surface area contributed by atoms with Gasteiger partial charge in [0.2, 0.25) is 0 Å². The lowest BCUT2D eigenvalue weighted by atomic mass is 9.65. The highest BCUT2D eigenvalue weighted by molar-refractivity contribution is 6.32. The third kappa shape index (κ3) is 9.24. The zero-order valence-corrected chi connectivity index (χ0v) is 31.5. The number of benzene rings is 3. The molecule has 3 aromatic rings. The molecule has 3 aromatic carbocycles. The minimum absolute atomic E-state index is 0.198. The van der Waals surface area contributed by atoms with Crippen LogP contribution in [0, 0.1) is 19.3 Å². The second kappa shape index (κ2) is 17.1. The smallest absolute Gasteiger partial charge is 0.141 e. The van der Waals surface area contributed by atoms with E-state index in [9.17, 15) is 15.3 Å². The summed E-state index contributed by atoms with van der Waals surface area (Å²) < 4.78 is 20.1. The fourth-order valence-corrected chi connectivity index (χ4v) is 7.16. The van der Waals surface area contributed by atoms with E-state index in [1.807, 2.05) is 36.4 Å². The summed E-state index contributed by atoms with van der Waals surface area (Å²) in [7, 11) is 0. The van der Waals surface area contributed by atoms with Crippen LogP contribution in [0.2, 0.25) is 5.02 Å². The first-order chi connectivity index (χ1) is 24.4. The molecule has 0 amide bonds. The summed E-state index contributed by atoms with van der Waals surface area (Å²) >= 11 is 6.95. The predicted molar refractivity (Wildman–Crippen MR) is 204 cm³/mol. The SMILES string of the molecule is Cc1cccc(C)c1COc1cc(OC[C@@]2(OCCCN3CCC(O)C3)C=CC=C(c3ccccc3)C2(C)C)c(Cl)cc1CNC(C)(CO)CO. The van der Waals surface area contributed by atoms with E-state index >= 15 is 0 Å². The number of nitrogens with one attached hydrogen (secondary N) is 1. The van der Waals surface area contributed by atoms with Crippen molar-refractivity contribution in [2.75, 3.05) is 46.1 Å². The molecule has 2 atom stereocenters. The molecular weight excluding hydrogens is 664 g/mol. The average molecular weight is 719 g/mol. The number of rotatable bonds is 17. The number of aliphatic hydroxyl groups excluding tert-OH is 3. The molecule has 276 valence electrons. The van der Waals surface area contributed by atoms with Crippen molar-refractivity contribution >= 4 is 17.2 Å². The Bertz CT molecular complexity index is 1650. The van der Waals surface area contributed by atoms with Crippen LogP contribution in [-0.2, 0) is 17.9 Å². The van der Waals surface area contributed by atoms with Gasteiger partial charge in [0.25, 0.3) is 0 Å². The Kier molecular flexibility index (Phi) is 13.1. The minimum Gasteiger partial charge on any atom is -0.488 e. The van der Waals surface area contributed by atoms with Crippen LogP contribution in [0.4, 0.5) is 0 Å². The van der Waals surface area contributed by atoms with Crippen LogP contribution in [0.3, 0.4) is 0 Å². The zero-order chi connectivity index (χ0) is 36.6. The summed E-state index contributed by atoms with van der Waals surface area (Å²) in [6.07, 6.45) is 7.70. The quantitative estimate of drug-likeness (QED) is 0.115. The van der Waals surface area contributed by atoms with Crippen molar-refractivity contribution in [2.24, 2.45) is 5.41 Å². The monoisotopic (exact) mass is 718 g/mol. The number of hydrogen-bond donors (Lipinski definition) is 4. The molecule has 2 aliphatic rings. The van der Waals surface area contributed by atoms with Crippen molar-refractivity contribution in [1.82, 2.24) is 10.2 Å². The highest BCUT2D eigenvalue weighted by Gasteiger charge is 2.49. The van der Waals surface area contributed by atoms with Gasteiger partial charge in [-0.15, -0.1) is 0 Å². The summed E-state index contributed by atoms with van der Waals surface area (Å²) in [5.74, 6) is 1.06. The highest BCUT2D eigenvalue weighted by Crippen LogP contribution is 2.49. The highest BCUT2D eigenvalue weighted by atomic mass is 35.5. The van der Waals surface area contributed by atoms with E-state index < -0.39 is 16.6 Å². The second-order valence-electron chi connectivity index (χ2n) is 14.8. The van der Waals surface area contributed by atoms with Crippen LogP contribution < -0.4 is 14.8 Å². The fraction of sp³-hybridized carbons (Fsp3) is 0.476. The molecule has 1 heterocycles. The summed E-state index contributed by atoms with van der Waals surface area (Å²) in [6, 6.07) is 20.2. The predicted octanol–water partition coefficient (Wildman–Crippen LogP) is 6.64. The molecule has 5 rings (SSSR count). The van der Waals surface area contributed by atoms with Crippen molar-refractivity contribution in [2.45, 2.75) is 77.9 Å². The normalized spacial score (nSPS) is 20.4. The van der Waals surface area contributed by atoms with Crippen molar-refractivity contribution in [3.63, 3.8) is 0 Å². The van der Waals surface area contributed by atoms with Crippen LogP contribution in [0.1, 0.15) is 61.4 Å². The van der Waals surface area contributed by atoms with Gasteiger partial charge < -0.3 is 39.7 Å². The standard InChI is InChI=1S/C42H55ClN2O6/c1-30-12-9-13-31(2)35(30)26-49-38-23-39(37(43)22-33(38)24-44-41(5,27-46)28-47)50-29-42(51-21-11-19-45-20-17-34(48)25-45)18-10-16-36(40(42,3)4)32-14-7-6-8-15-32/h6-10,12-16,18,22-23,34,44,46-48H,11,17,19-21,24-29H2,1-5H3/t34?,42-/m0/s1. The van der Waals surface area contributed by atoms with Crippen LogP contribution in [0.25, 0.3) is 5.57 Å². The molecule has 0 spiro atoms. The van der Waals surface area contributed by atoms with Gasteiger partial charge in [0.05, 0.1) is 29.9 Å². The Hall–Kier alpha value is -3.21. The van der Waals surface area contributed by atoms with Crippen molar-refractivity contribution < 1.29 is 29.5 Å². The van der Waals surface area contributed by atoms with Crippen LogP contribution in [-0.4, -0.2) is 83.5 Å². The van der Waals surface area contributed by atoms with Gasteiger partial charge >= 0.3 is 0 Å². The number of aliphatic hydroxyl groups is 3. The average Bonchev–Trinajstić information content (AvgIpc) is 3.54. The van der Waals surface area contributed by atoms with Gasteiger partial charge in [0, 0.05) is 49.8 Å². The van der Waals surface area contributed by atoms with Gasteiger partial charge in [0.15, 0.2) is 0 Å². The second-order valence-corrected chi connectivity index (χ2v) is 15.2. The molecule has 8 nitrogen and oxygen atoms in total. The van der Waals surface area contributed by atoms with E-state index in [0.29, 0.717) is 42.8 Å². The molecule has 1 saturated heterocycles. The van der Waals surface area contributed by atoms with Crippen molar-refractivity contribution in [1.29, 1.82) is 0 Å². The number of allylic oxidation sites excluding steroid dienone is 2. The molecule has 0 aromatic heterocycles. The molecule has 0 bridgehead atoms. The Morgan fingerprint density at radius 1 is 0.980 bits per heavy atom. The Balaban J connectivity index is 1.42. The number of aryl methyl sites for hydroxylation is 2. The third-order valence-electron chi connectivity index (χ3n) is 10.6. The number of hydrogen-bond acceptors (Lipinski definition) is 8. The number of ether oxygens (including phenoxy) is 3. The van der Waals surface area contributed by atoms with Crippen molar-refractivity contribution in [3.8, 4) is 11.5 Å². The van der Waals surface area contributed by atoms with Crippen LogP contribution in [0.15, 0.2) is 78.9 Å². The van der Waals surface area contributed by atoms with E-state index in [2.05, 4.69) is 80.4 Å². The van der Waals surface area contributed by atoms with Gasteiger partial charge in [-0.1, -0.05) is 86.1 Å². The van der Waals surface area contributed by atoms with Crippen LogP contribution in [0.5, 0.6) is 11.5 Å². The van der Waals surface area contributed by atoms with Crippen LogP contribution >= 0.6 is 11.6 Å². The first-order valence-corrected chi connectivity index (χ1v) is 18.4. The molecule has 4 N–H and O–H groups in total. The Morgan fingerprint density at radius 2 is 1.71 bits per heavy atom. The summed E-state index contributed by atoms with van der Waals surface area (Å²) in [5.41, 5.74) is 4.25. The Morgan fingerprint density at radius 3 is 2.37 bits per heavy atom. The maximum Gasteiger partial charge on any atom is 0.141 e. The molecule has 0 saturated carbocycles.